The van der Waals surface area contributed by atoms with Crippen LogP contribution >= 0.6 is 0 Å². The second kappa shape index (κ2) is 7.50. The maximum Gasteiger partial charge on any atom is 0.229 e. The minimum Gasteiger partial charge on any atom is -0.374 e. The van der Waals surface area contributed by atoms with Gasteiger partial charge in [0.2, 0.25) is 5.89 Å². The van der Waals surface area contributed by atoms with Gasteiger partial charge in [-0.3, -0.25) is 4.90 Å². The lowest BCUT2D eigenvalue weighted by atomic mass is 9.86. The highest BCUT2D eigenvalue weighted by molar-refractivity contribution is 4.97. The second-order valence-electron chi connectivity index (χ2n) is 7.58. The summed E-state index contributed by atoms with van der Waals surface area (Å²) >= 11 is 0. The minimum absolute atomic E-state index is 0.361. The smallest absolute Gasteiger partial charge is 0.229 e. The van der Waals surface area contributed by atoms with E-state index >= 15 is 0 Å². The highest BCUT2D eigenvalue weighted by Crippen LogP contribution is 2.32. The molecule has 1 N–H and O–H groups in total. The van der Waals surface area contributed by atoms with E-state index in [0.717, 1.165) is 63.3 Å². The van der Waals surface area contributed by atoms with Gasteiger partial charge in [-0.2, -0.15) is 4.98 Å². The van der Waals surface area contributed by atoms with Crippen molar-refractivity contribution in [3.63, 3.8) is 0 Å². The van der Waals surface area contributed by atoms with Gasteiger partial charge < -0.3 is 14.6 Å². The first-order chi connectivity index (χ1) is 11.8. The van der Waals surface area contributed by atoms with Crippen LogP contribution in [-0.4, -0.2) is 59.5 Å². The molecule has 6 nitrogen and oxygen atoms in total. The molecule has 6 heteroatoms. The van der Waals surface area contributed by atoms with Gasteiger partial charge in [0.1, 0.15) is 0 Å². The fourth-order valence-corrected chi connectivity index (χ4v) is 4.06. The number of hydrogen-bond acceptors (Lipinski definition) is 6. The van der Waals surface area contributed by atoms with Crippen LogP contribution in [0, 0.1) is 0 Å². The lowest BCUT2D eigenvalue weighted by Crippen LogP contribution is -2.49. The highest BCUT2D eigenvalue weighted by Gasteiger charge is 2.33. The average molecular weight is 334 g/mol. The summed E-state index contributed by atoms with van der Waals surface area (Å²) < 4.78 is 11.4. The monoisotopic (exact) mass is 334 g/mol. The summed E-state index contributed by atoms with van der Waals surface area (Å²) in [4.78, 5) is 7.12. The molecule has 3 aliphatic rings. The van der Waals surface area contributed by atoms with Gasteiger partial charge in [-0.25, -0.2) is 0 Å². The van der Waals surface area contributed by atoms with Gasteiger partial charge in [0, 0.05) is 44.1 Å². The van der Waals surface area contributed by atoms with Crippen molar-refractivity contribution in [3.8, 4) is 0 Å². The first kappa shape index (κ1) is 16.5. The first-order valence-electron chi connectivity index (χ1n) is 9.73. The van der Waals surface area contributed by atoms with Crippen molar-refractivity contribution in [2.75, 3.05) is 26.2 Å². The van der Waals surface area contributed by atoms with E-state index in [0.29, 0.717) is 18.1 Å². The molecule has 24 heavy (non-hydrogen) atoms. The normalized spacial score (nSPS) is 32.1. The Morgan fingerprint density at radius 1 is 1.17 bits per heavy atom. The van der Waals surface area contributed by atoms with Gasteiger partial charge in [-0.15, -0.1) is 0 Å². The van der Waals surface area contributed by atoms with Crippen LogP contribution in [0.3, 0.4) is 0 Å². The van der Waals surface area contributed by atoms with Crippen LogP contribution in [0.5, 0.6) is 0 Å². The predicted molar refractivity (Wildman–Crippen MR) is 91.0 cm³/mol. The number of aromatic nitrogens is 2. The molecular formula is C18H30N4O2. The minimum atomic E-state index is 0.361. The van der Waals surface area contributed by atoms with Gasteiger partial charge in [0.05, 0.1) is 12.7 Å². The Morgan fingerprint density at radius 2 is 2.00 bits per heavy atom. The van der Waals surface area contributed by atoms with Crippen LogP contribution in [0.25, 0.3) is 0 Å². The van der Waals surface area contributed by atoms with E-state index in [1.165, 1.54) is 25.7 Å². The number of nitrogens with zero attached hydrogens (tertiary/aromatic N) is 3. The van der Waals surface area contributed by atoms with E-state index < -0.39 is 0 Å². The number of ether oxygens (including phenoxy) is 1. The van der Waals surface area contributed by atoms with Crippen LogP contribution in [-0.2, 0) is 11.2 Å². The number of rotatable bonds is 6. The summed E-state index contributed by atoms with van der Waals surface area (Å²) in [6.45, 7) is 6.17. The maximum atomic E-state index is 5.95. The van der Waals surface area contributed by atoms with Crippen molar-refractivity contribution in [2.45, 2.75) is 76.0 Å². The molecule has 0 amide bonds. The lowest BCUT2D eigenvalue weighted by molar-refractivity contribution is -0.0315. The Morgan fingerprint density at radius 3 is 2.71 bits per heavy atom. The van der Waals surface area contributed by atoms with Crippen LogP contribution in [0.1, 0.15) is 63.1 Å². The molecule has 2 aliphatic carbocycles. The van der Waals surface area contributed by atoms with E-state index in [1.54, 1.807) is 0 Å². The summed E-state index contributed by atoms with van der Waals surface area (Å²) in [5, 5.41) is 7.77. The summed E-state index contributed by atoms with van der Waals surface area (Å²) in [5.74, 6) is 2.13. The molecule has 2 saturated carbocycles. The molecule has 1 atom stereocenters. The van der Waals surface area contributed by atoms with Crippen molar-refractivity contribution < 1.29 is 9.26 Å². The van der Waals surface area contributed by atoms with E-state index in [4.69, 9.17) is 9.26 Å². The fraction of sp³-hybridized carbons (Fsp3) is 0.889. The van der Waals surface area contributed by atoms with Crippen molar-refractivity contribution in [1.82, 2.24) is 20.4 Å². The Kier molecular flexibility index (Phi) is 5.15. The Bertz CT molecular complexity index is 523. The second-order valence-corrected chi connectivity index (χ2v) is 7.58. The summed E-state index contributed by atoms with van der Waals surface area (Å²) in [6, 6.07) is 1.46. The quantitative estimate of drug-likeness (QED) is 0.860. The largest absolute Gasteiger partial charge is 0.374 e. The Hall–Kier alpha value is -0.980. The van der Waals surface area contributed by atoms with Gasteiger partial charge in [0.15, 0.2) is 5.82 Å². The molecule has 0 aromatic carbocycles. The van der Waals surface area contributed by atoms with Crippen LogP contribution in [0.15, 0.2) is 4.52 Å². The zero-order valence-corrected chi connectivity index (χ0v) is 14.7. The molecule has 1 saturated heterocycles. The summed E-state index contributed by atoms with van der Waals surface area (Å²) in [7, 11) is 0. The van der Waals surface area contributed by atoms with Gasteiger partial charge in [-0.05, 0) is 38.5 Å². The molecule has 0 bridgehead atoms. The number of aryl methyl sites for hydroxylation is 1. The molecular weight excluding hydrogens is 304 g/mol. The molecule has 0 spiro atoms. The van der Waals surface area contributed by atoms with E-state index in [1.807, 2.05) is 0 Å². The third kappa shape index (κ3) is 3.98. The van der Waals surface area contributed by atoms with E-state index in [9.17, 15) is 0 Å². The Labute approximate surface area is 144 Å². The molecule has 1 unspecified atom stereocenters. The maximum absolute atomic E-state index is 5.95. The zero-order valence-electron chi connectivity index (χ0n) is 14.7. The molecule has 1 aliphatic heterocycles. The van der Waals surface area contributed by atoms with Crippen LogP contribution in [0.2, 0.25) is 0 Å². The molecule has 4 rings (SSSR count). The average Bonchev–Trinajstić information content (AvgIpc) is 3.38. The topological polar surface area (TPSA) is 63.4 Å². The predicted octanol–water partition coefficient (Wildman–Crippen LogP) is 2.11. The van der Waals surface area contributed by atoms with Gasteiger partial charge in [0.25, 0.3) is 0 Å². The van der Waals surface area contributed by atoms with Crippen molar-refractivity contribution in [1.29, 1.82) is 0 Å². The summed E-state index contributed by atoms with van der Waals surface area (Å²) in [5.41, 5.74) is 0. The van der Waals surface area contributed by atoms with E-state index in [-0.39, 0.29) is 0 Å². The van der Waals surface area contributed by atoms with Gasteiger partial charge in [-0.1, -0.05) is 12.1 Å². The molecule has 2 heterocycles. The molecule has 1 aromatic rings. The van der Waals surface area contributed by atoms with Crippen LogP contribution < -0.4 is 5.32 Å². The van der Waals surface area contributed by atoms with Gasteiger partial charge >= 0.3 is 0 Å². The first-order valence-corrected chi connectivity index (χ1v) is 9.73. The molecule has 3 fully saturated rings. The Balaban J connectivity index is 1.19. The fourth-order valence-electron chi connectivity index (χ4n) is 4.06. The van der Waals surface area contributed by atoms with Crippen LogP contribution in [0.4, 0.5) is 0 Å². The SMILES string of the molecule is CCc1noc(C2CCC(NCC3CN(C4CC4)CCO3)CC2)n1. The van der Waals surface area contributed by atoms with Crippen molar-refractivity contribution in [2.24, 2.45) is 0 Å². The number of morpholine rings is 1. The lowest BCUT2D eigenvalue weighted by Gasteiger charge is -2.35. The third-order valence-electron chi connectivity index (χ3n) is 5.74. The molecule has 1 aromatic heterocycles. The van der Waals surface area contributed by atoms with Crippen molar-refractivity contribution in [3.05, 3.63) is 11.7 Å². The summed E-state index contributed by atoms with van der Waals surface area (Å²) in [6.07, 6.45) is 8.64. The zero-order chi connectivity index (χ0) is 16.4. The van der Waals surface area contributed by atoms with Crippen molar-refractivity contribution >= 4 is 0 Å². The van der Waals surface area contributed by atoms with E-state index in [2.05, 4.69) is 27.3 Å². The number of hydrogen-bond donors (Lipinski definition) is 1. The third-order valence-corrected chi connectivity index (χ3v) is 5.74. The molecule has 0 radical (unpaired) electrons. The standard InChI is InChI=1S/C18H30N4O2/c1-2-17-20-18(24-21-17)13-3-5-14(6-4-13)19-11-16-12-22(9-10-23-16)15-7-8-15/h13-16,19H,2-12H2,1H3. The highest BCUT2D eigenvalue weighted by atomic mass is 16.5. The number of nitrogens with one attached hydrogen (secondary N) is 1. The molecule has 134 valence electrons.